The molecule has 2 heterocycles. The number of nitrogens with zero attached hydrogens (tertiary/aromatic N) is 2. The molecule has 0 radical (unpaired) electrons. The van der Waals surface area contributed by atoms with Gasteiger partial charge in [0.2, 0.25) is 0 Å². The number of fused-ring (bicyclic) bond motifs is 2. The second kappa shape index (κ2) is 13.2. The largest absolute Gasteiger partial charge is 0.494 e. The molecular formula is C31H32N4O7S2. The van der Waals surface area contributed by atoms with Gasteiger partial charge in [0.05, 0.1) is 34.2 Å². The Balaban J connectivity index is 1.16. The highest BCUT2D eigenvalue weighted by atomic mass is 32.3. The van der Waals surface area contributed by atoms with Gasteiger partial charge in [-0.15, -0.1) is 21.9 Å². The van der Waals surface area contributed by atoms with Gasteiger partial charge in [0.15, 0.2) is 0 Å². The van der Waals surface area contributed by atoms with Crippen molar-refractivity contribution in [2.45, 2.75) is 35.7 Å². The number of aliphatic carboxylic acids is 1. The summed E-state index contributed by atoms with van der Waals surface area (Å²) in [4.78, 5) is 44.2. The molecule has 1 atom stereocenters. The maximum atomic E-state index is 13.0. The van der Waals surface area contributed by atoms with E-state index in [-0.39, 0.29) is 39.1 Å². The fourth-order valence-corrected chi connectivity index (χ4v) is 7.10. The maximum absolute atomic E-state index is 13.0. The zero-order valence-corrected chi connectivity index (χ0v) is 25.7. The molecule has 0 fully saturated rings. The predicted octanol–water partition coefficient (Wildman–Crippen LogP) is 5.65. The van der Waals surface area contributed by atoms with Crippen molar-refractivity contribution in [3.63, 3.8) is 0 Å². The lowest BCUT2D eigenvalue weighted by molar-refractivity contribution is -0.142. The normalized spacial score (nSPS) is 14.9. The van der Waals surface area contributed by atoms with Crippen molar-refractivity contribution in [2.24, 2.45) is 0 Å². The van der Waals surface area contributed by atoms with Gasteiger partial charge in [0.25, 0.3) is 11.8 Å². The number of ether oxygens (including phenoxy) is 1. The number of rotatable bonds is 11. The van der Waals surface area contributed by atoms with E-state index < -0.39 is 28.5 Å². The van der Waals surface area contributed by atoms with E-state index in [1.165, 1.54) is 41.7 Å². The summed E-state index contributed by atoms with van der Waals surface area (Å²) in [6.07, 6.45) is 2.39. The van der Waals surface area contributed by atoms with E-state index in [1.54, 1.807) is 37.2 Å². The fraction of sp³-hybridized carbons (Fsp3) is 0.226. The van der Waals surface area contributed by atoms with Gasteiger partial charge in [-0.25, -0.2) is 4.98 Å². The van der Waals surface area contributed by atoms with E-state index in [2.05, 4.69) is 15.6 Å². The van der Waals surface area contributed by atoms with Crippen LogP contribution in [0, 0.1) is 0 Å². The van der Waals surface area contributed by atoms with Crippen molar-refractivity contribution in [1.82, 2.24) is 15.2 Å². The number of likely N-dealkylation sites (N-methyl/N-ethyl adjacent to an activating group) is 1. The summed E-state index contributed by atoms with van der Waals surface area (Å²) in [5.41, 5.74) is 1.50. The molecule has 5 rings (SSSR count). The molecule has 4 aromatic rings. The number of benzene rings is 3. The number of carboxylic acids is 1. The molecule has 1 aliphatic rings. The Morgan fingerprint density at radius 1 is 1.09 bits per heavy atom. The van der Waals surface area contributed by atoms with E-state index >= 15 is 0 Å². The third-order valence-electron chi connectivity index (χ3n) is 7.26. The number of hydrogen-bond acceptors (Lipinski definition) is 9. The molecular weight excluding hydrogens is 604 g/mol. The quantitative estimate of drug-likeness (QED) is 0.131. The number of nitrogens with one attached hydrogen (secondary N) is 2. The van der Waals surface area contributed by atoms with Gasteiger partial charge in [0, 0.05) is 28.7 Å². The van der Waals surface area contributed by atoms with Gasteiger partial charge in [0.1, 0.15) is 16.8 Å². The van der Waals surface area contributed by atoms with Gasteiger partial charge in [-0.2, -0.15) is 0 Å². The molecule has 5 N–H and O–H groups in total. The lowest BCUT2D eigenvalue weighted by atomic mass is 10.1. The van der Waals surface area contributed by atoms with Gasteiger partial charge in [-0.1, -0.05) is 12.1 Å². The van der Waals surface area contributed by atoms with Gasteiger partial charge in [-0.3, -0.25) is 28.4 Å². The lowest BCUT2D eigenvalue weighted by Gasteiger charge is -2.33. The van der Waals surface area contributed by atoms with Gasteiger partial charge in [-0.05, 0) is 75.0 Å². The predicted molar refractivity (Wildman–Crippen MR) is 169 cm³/mol. The first kappa shape index (κ1) is 31.2. The molecule has 0 aliphatic carbocycles. The minimum absolute atomic E-state index is 0.143. The monoisotopic (exact) mass is 636 g/mol. The molecule has 11 nitrogen and oxygen atoms in total. The van der Waals surface area contributed by atoms with Crippen LogP contribution in [0.4, 0.5) is 5.69 Å². The number of carbonyl (C=O) groups excluding carboxylic acids is 2. The van der Waals surface area contributed by atoms with Crippen LogP contribution in [-0.4, -0.2) is 68.1 Å². The highest BCUT2D eigenvalue weighted by Crippen LogP contribution is 2.60. The summed E-state index contributed by atoms with van der Waals surface area (Å²) >= 11 is 1.44. The first-order chi connectivity index (χ1) is 21.0. The summed E-state index contributed by atoms with van der Waals surface area (Å²) in [6.45, 7) is 2.95. The van der Waals surface area contributed by atoms with E-state index in [4.69, 9.17) is 9.84 Å². The molecule has 0 saturated heterocycles. The van der Waals surface area contributed by atoms with Gasteiger partial charge >= 0.3 is 5.97 Å². The number of thiazole rings is 1. The molecule has 0 unspecified atom stereocenters. The maximum Gasteiger partial charge on any atom is 0.320 e. The third kappa shape index (κ3) is 6.77. The van der Waals surface area contributed by atoms with Crippen molar-refractivity contribution in [3.05, 3.63) is 88.9 Å². The number of hydrogen-bond donors (Lipinski definition) is 5. The van der Waals surface area contributed by atoms with Crippen LogP contribution in [0.1, 0.15) is 38.9 Å². The number of amides is 2. The second-order valence-electron chi connectivity index (χ2n) is 10.2. The average molecular weight is 637 g/mol. The van der Waals surface area contributed by atoms with Crippen LogP contribution in [0.15, 0.2) is 82.7 Å². The van der Waals surface area contributed by atoms with E-state index in [0.717, 1.165) is 15.4 Å². The van der Waals surface area contributed by atoms with Crippen LogP contribution in [-0.2, 0) is 11.3 Å². The number of aromatic nitrogens is 1. The summed E-state index contributed by atoms with van der Waals surface area (Å²) in [5.74, 6) is -1.02. The summed E-state index contributed by atoms with van der Waals surface area (Å²) in [7, 11) is -1.69. The van der Waals surface area contributed by atoms with E-state index in [9.17, 15) is 23.5 Å². The SMILES string of the molecule is C[C@@H](C(=O)O)N(C)CCCOc1ccc(-c2ncc(CNC(=O)c3ccc4c(c3)NC(=O)c3ccccc3S4(O)O)s2)cc1. The van der Waals surface area contributed by atoms with Crippen LogP contribution in [0.2, 0.25) is 0 Å². The molecule has 1 aliphatic heterocycles. The highest BCUT2D eigenvalue weighted by Gasteiger charge is 2.32. The zero-order valence-electron chi connectivity index (χ0n) is 24.0. The van der Waals surface area contributed by atoms with Crippen LogP contribution in [0.25, 0.3) is 10.6 Å². The van der Waals surface area contributed by atoms with Crippen LogP contribution >= 0.6 is 21.9 Å². The Kier molecular flexibility index (Phi) is 9.32. The zero-order chi connectivity index (χ0) is 31.4. The topological polar surface area (TPSA) is 161 Å². The summed E-state index contributed by atoms with van der Waals surface area (Å²) in [6, 6.07) is 17.7. The minimum Gasteiger partial charge on any atom is -0.494 e. The summed E-state index contributed by atoms with van der Waals surface area (Å²) in [5, 5.41) is 15.4. The molecule has 230 valence electrons. The van der Waals surface area contributed by atoms with Crippen molar-refractivity contribution in [3.8, 4) is 16.3 Å². The van der Waals surface area contributed by atoms with Crippen molar-refractivity contribution < 1.29 is 33.3 Å². The standard InChI is InChI=1S/C31H32N4O7S2/c1-19(31(38)39)35(2)14-5-15-42-22-11-8-20(9-12-22)30-33-18-23(43-30)17-32-28(36)21-10-13-27-25(16-21)34-29(37)24-6-3-4-7-26(24)44(27,40)41/h3-4,6-13,16,18-19,40-41H,5,14-15,17H2,1-2H3,(H,32,36)(H,34,37)(H,38,39)/t19-/m0/s1. The van der Waals surface area contributed by atoms with Crippen molar-refractivity contribution in [1.29, 1.82) is 0 Å². The molecule has 0 bridgehead atoms. The first-order valence-electron chi connectivity index (χ1n) is 13.8. The Hall–Kier alpha value is -4.27. The smallest absolute Gasteiger partial charge is 0.320 e. The molecule has 44 heavy (non-hydrogen) atoms. The molecule has 3 aromatic carbocycles. The number of carbonyl (C=O) groups is 3. The Bertz CT molecular complexity index is 1690. The van der Waals surface area contributed by atoms with Crippen molar-refractivity contribution >= 4 is 45.4 Å². The van der Waals surface area contributed by atoms with Gasteiger partial charge < -0.3 is 20.5 Å². The third-order valence-corrected chi connectivity index (χ3v) is 10.2. The minimum atomic E-state index is -3.46. The highest BCUT2D eigenvalue weighted by molar-refractivity contribution is 8.24. The lowest BCUT2D eigenvalue weighted by Crippen LogP contribution is -2.36. The van der Waals surface area contributed by atoms with Crippen LogP contribution < -0.4 is 15.4 Å². The second-order valence-corrected chi connectivity index (χ2v) is 13.3. The molecule has 1 aromatic heterocycles. The molecule has 0 saturated carbocycles. The Morgan fingerprint density at radius 2 is 1.84 bits per heavy atom. The average Bonchev–Trinajstić information content (AvgIpc) is 3.47. The van der Waals surface area contributed by atoms with Crippen molar-refractivity contribution in [2.75, 3.05) is 25.5 Å². The number of anilines is 1. The van der Waals surface area contributed by atoms with Crippen LogP contribution in [0.5, 0.6) is 5.75 Å². The van der Waals surface area contributed by atoms with E-state index in [0.29, 0.717) is 25.3 Å². The molecule has 2 amide bonds. The fourth-order valence-electron chi connectivity index (χ4n) is 4.60. The number of carboxylic acid groups (broad SMARTS) is 1. The Morgan fingerprint density at radius 3 is 2.59 bits per heavy atom. The Labute approximate surface area is 259 Å². The molecule has 13 heteroatoms. The summed E-state index contributed by atoms with van der Waals surface area (Å²) < 4.78 is 27.8. The first-order valence-corrected chi connectivity index (χ1v) is 16.1. The van der Waals surface area contributed by atoms with E-state index in [1.807, 2.05) is 24.3 Å². The molecule has 0 spiro atoms. The van der Waals surface area contributed by atoms with Crippen LogP contribution in [0.3, 0.4) is 0 Å².